The van der Waals surface area contributed by atoms with E-state index in [-0.39, 0.29) is 0 Å². The maximum atomic E-state index is 5.80. The van der Waals surface area contributed by atoms with Crippen molar-refractivity contribution in [2.75, 3.05) is 0 Å². The summed E-state index contributed by atoms with van der Waals surface area (Å²) in [6.07, 6.45) is 3.99. The van der Waals surface area contributed by atoms with Crippen molar-refractivity contribution in [3.05, 3.63) is 40.8 Å². The predicted molar refractivity (Wildman–Crippen MR) is 71.7 cm³/mol. The lowest BCUT2D eigenvalue weighted by Gasteiger charge is -2.30. The van der Waals surface area contributed by atoms with Crippen LogP contribution in [0.4, 0.5) is 0 Å². The Kier molecular flexibility index (Phi) is 2.76. The van der Waals surface area contributed by atoms with Gasteiger partial charge in [0.15, 0.2) is 0 Å². The molecule has 3 N–H and O–H groups in total. The van der Waals surface area contributed by atoms with Crippen LogP contribution in [0, 0.1) is 0 Å². The third-order valence-electron chi connectivity index (χ3n) is 3.32. The molecule has 1 heterocycles. The van der Waals surface area contributed by atoms with Gasteiger partial charge in [-0.3, -0.25) is 0 Å². The third kappa shape index (κ3) is 2.03. The van der Waals surface area contributed by atoms with E-state index in [1.54, 1.807) is 0 Å². The number of halogens is 1. The monoisotopic (exact) mass is 291 g/mol. The fourth-order valence-electron chi connectivity index (χ4n) is 2.25. The number of H-pyrrole nitrogens is 1. The minimum Gasteiger partial charge on any atom is -0.342 e. The van der Waals surface area contributed by atoms with Gasteiger partial charge in [-0.2, -0.15) is 0 Å². The molecular formula is C13H14BrN3. The van der Waals surface area contributed by atoms with Gasteiger partial charge >= 0.3 is 0 Å². The predicted octanol–water partition coefficient (Wildman–Crippen LogP) is 3.04. The van der Waals surface area contributed by atoms with Crippen molar-refractivity contribution in [2.45, 2.75) is 24.8 Å². The molecule has 0 amide bonds. The number of hydrogen-bond acceptors (Lipinski definition) is 2. The number of benzene rings is 1. The normalized spacial score (nSPS) is 23.4. The summed E-state index contributed by atoms with van der Waals surface area (Å²) in [5, 5.41) is 0. The molecule has 0 saturated heterocycles. The Morgan fingerprint density at radius 1 is 1.29 bits per heavy atom. The maximum absolute atomic E-state index is 5.80. The van der Waals surface area contributed by atoms with Crippen LogP contribution in [0.15, 0.2) is 34.9 Å². The molecule has 0 aliphatic heterocycles. The molecule has 3 nitrogen and oxygen atoms in total. The zero-order valence-corrected chi connectivity index (χ0v) is 10.9. The highest BCUT2D eigenvalue weighted by atomic mass is 79.9. The van der Waals surface area contributed by atoms with Gasteiger partial charge in [-0.15, -0.1) is 0 Å². The van der Waals surface area contributed by atoms with Crippen LogP contribution in [0.25, 0.3) is 11.3 Å². The molecule has 1 saturated carbocycles. The highest BCUT2D eigenvalue weighted by molar-refractivity contribution is 9.10. The number of nitrogens with one attached hydrogen (secondary N) is 1. The fourth-order valence-corrected chi connectivity index (χ4v) is 2.74. The summed E-state index contributed by atoms with van der Waals surface area (Å²) in [4.78, 5) is 7.85. The van der Waals surface area contributed by atoms with Gasteiger partial charge in [-0.05, 0) is 18.9 Å². The van der Waals surface area contributed by atoms with E-state index < -0.39 is 0 Å². The molecule has 4 heteroatoms. The van der Waals surface area contributed by atoms with E-state index in [0.717, 1.165) is 34.4 Å². The van der Waals surface area contributed by atoms with Crippen molar-refractivity contribution < 1.29 is 0 Å². The van der Waals surface area contributed by atoms with E-state index in [1.165, 1.54) is 0 Å². The van der Waals surface area contributed by atoms with Crippen LogP contribution in [0.5, 0.6) is 0 Å². The first-order valence-corrected chi connectivity index (χ1v) is 6.58. The van der Waals surface area contributed by atoms with Crippen molar-refractivity contribution in [2.24, 2.45) is 5.73 Å². The number of rotatable bonds is 2. The topological polar surface area (TPSA) is 54.7 Å². The quantitative estimate of drug-likeness (QED) is 0.894. The molecule has 0 spiro atoms. The van der Waals surface area contributed by atoms with Crippen LogP contribution in [0.3, 0.4) is 0 Å². The van der Waals surface area contributed by atoms with Gasteiger partial charge < -0.3 is 10.7 Å². The average Bonchev–Trinajstić information content (AvgIpc) is 2.74. The van der Waals surface area contributed by atoms with Crippen molar-refractivity contribution in [1.82, 2.24) is 9.97 Å². The maximum Gasteiger partial charge on any atom is 0.109 e. The van der Waals surface area contributed by atoms with Crippen LogP contribution in [0.2, 0.25) is 0 Å². The van der Waals surface area contributed by atoms with E-state index in [0.29, 0.717) is 12.0 Å². The second kappa shape index (κ2) is 4.27. The number of aromatic nitrogens is 2. The molecule has 1 aliphatic carbocycles. The smallest absolute Gasteiger partial charge is 0.109 e. The van der Waals surface area contributed by atoms with E-state index in [9.17, 15) is 0 Å². The van der Waals surface area contributed by atoms with E-state index in [2.05, 4.69) is 32.0 Å². The summed E-state index contributed by atoms with van der Waals surface area (Å²) in [5.41, 5.74) is 8.01. The van der Waals surface area contributed by atoms with Gasteiger partial charge in [0.05, 0.1) is 11.9 Å². The summed E-state index contributed by atoms with van der Waals surface area (Å²) in [5.74, 6) is 1.58. The molecule has 88 valence electrons. The van der Waals surface area contributed by atoms with E-state index >= 15 is 0 Å². The molecule has 17 heavy (non-hydrogen) atoms. The molecule has 2 aromatic rings. The zero-order valence-electron chi connectivity index (χ0n) is 9.36. The molecule has 1 aromatic heterocycles. The van der Waals surface area contributed by atoms with Crippen molar-refractivity contribution in [1.29, 1.82) is 0 Å². The van der Waals surface area contributed by atoms with Gasteiger partial charge in [0.25, 0.3) is 0 Å². The van der Waals surface area contributed by atoms with Crippen LogP contribution >= 0.6 is 15.9 Å². The Balaban J connectivity index is 1.88. The van der Waals surface area contributed by atoms with Gasteiger partial charge in [0.1, 0.15) is 5.82 Å². The molecule has 3 rings (SSSR count). The molecule has 0 unspecified atom stereocenters. The highest BCUT2D eigenvalue weighted by Crippen LogP contribution is 2.35. The second-order valence-corrected chi connectivity index (χ2v) is 5.44. The zero-order chi connectivity index (χ0) is 11.8. The number of hydrogen-bond donors (Lipinski definition) is 2. The van der Waals surface area contributed by atoms with Gasteiger partial charge in [0.2, 0.25) is 0 Å². The summed E-state index contributed by atoms with van der Waals surface area (Å²) in [7, 11) is 0. The lowest BCUT2D eigenvalue weighted by atomic mass is 9.80. The molecule has 0 bridgehead atoms. The molecule has 1 aliphatic rings. The largest absolute Gasteiger partial charge is 0.342 e. The fraction of sp³-hybridized carbons (Fsp3) is 0.308. The number of nitrogens with two attached hydrogens (primary N) is 1. The summed E-state index contributed by atoms with van der Waals surface area (Å²) in [6, 6.07) is 8.51. The number of nitrogens with zero attached hydrogens (tertiary/aromatic N) is 1. The third-order valence-corrected chi connectivity index (χ3v) is 4.01. The number of aromatic amines is 1. The summed E-state index contributed by atoms with van der Waals surface area (Å²) in [6.45, 7) is 0. The standard InChI is InChI=1S/C13H14BrN3/c14-11-4-2-1-3-10(11)12-7-16-13(17-12)8-5-9(15)6-8/h1-4,7-9H,5-6,15H2,(H,16,17). The van der Waals surface area contributed by atoms with Crippen molar-refractivity contribution in [3.8, 4) is 11.3 Å². The van der Waals surface area contributed by atoms with Crippen LogP contribution in [0.1, 0.15) is 24.6 Å². The lowest BCUT2D eigenvalue weighted by molar-refractivity contribution is 0.340. The highest BCUT2D eigenvalue weighted by Gasteiger charge is 2.29. The Bertz CT molecular complexity index is 529. The van der Waals surface area contributed by atoms with Crippen molar-refractivity contribution >= 4 is 15.9 Å². The molecular weight excluding hydrogens is 278 g/mol. The van der Waals surface area contributed by atoms with Crippen LogP contribution in [-0.2, 0) is 0 Å². The molecule has 0 radical (unpaired) electrons. The van der Waals surface area contributed by atoms with Crippen LogP contribution < -0.4 is 5.73 Å². The molecule has 1 aromatic carbocycles. The summed E-state index contributed by atoms with van der Waals surface area (Å²) < 4.78 is 1.08. The Morgan fingerprint density at radius 3 is 2.76 bits per heavy atom. The Labute approximate surface area is 109 Å². The van der Waals surface area contributed by atoms with Gasteiger partial charge in [-0.1, -0.05) is 34.1 Å². The molecule has 1 fully saturated rings. The first kappa shape index (κ1) is 11.0. The van der Waals surface area contributed by atoms with E-state index in [4.69, 9.17) is 5.73 Å². The average molecular weight is 292 g/mol. The Hall–Kier alpha value is -1.13. The Morgan fingerprint density at radius 2 is 2.06 bits per heavy atom. The van der Waals surface area contributed by atoms with E-state index in [1.807, 2.05) is 24.4 Å². The molecule has 0 atom stereocenters. The van der Waals surface area contributed by atoms with Gasteiger partial charge in [0, 0.05) is 22.0 Å². The minimum atomic E-state index is 0.358. The first-order chi connectivity index (χ1) is 8.24. The minimum absolute atomic E-state index is 0.358. The van der Waals surface area contributed by atoms with Crippen LogP contribution in [-0.4, -0.2) is 16.0 Å². The lowest BCUT2D eigenvalue weighted by Crippen LogP contribution is -2.35. The number of imidazole rings is 1. The summed E-state index contributed by atoms with van der Waals surface area (Å²) >= 11 is 3.55. The second-order valence-electron chi connectivity index (χ2n) is 4.59. The SMILES string of the molecule is NC1CC(c2ncc(-c3ccccc3Br)[nH]2)C1. The van der Waals surface area contributed by atoms with Gasteiger partial charge in [-0.25, -0.2) is 4.98 Å². The first-order valence-electron chi connectivity index (χ1n) is 5.79. The van der Waals surface area contributed by atoms with Crippen molar-refractivity contribution in [3.63, 3.8) is 0 Å².